The third kappa shape index (κ3) is 4.82. The van der Waals surface area contributed by atoms with Crippen molar-refractivity contribution >= 4 is 22.6 Å². The molecule has 2 aromatic carbocycles. The Morgan fingerprint density at radius 1 is 0.939 bits per heavy atom. The Morgan fingerprint density at radius 2 is 1.64 bits per heavy atom. The van der Waals surface area contributed by atoms with E-state index in [-0.39, 0.29) is 17.0 Å². The number of aryl methyl sites for hydroxylation is 1. The van der Waals surface area contributed by atoms with E-state index in [0.717, 1.165) is 24.8 Å². The molecule has 4 rings (SSSR count). The largest absolute Gasteiger partial charge is 0.350 e. The van der Waals surface area contributed by atoms with E-state index in [2.05, 4.69) is 28.0 Å². The number of hydrogen-bond donors (Lipinski definition) is 2. The highest BCUT2D eigenvalue weighted by Crippen LogP contribution is 2.18. The second-order valence-corrected chi connectivity index (χ2v) is 7.48. The van der Waals surface area contributed by atoms with E-state index in [9.17, 15) is 14.4 Å². The number of hydrogen-bond acceptors (Lipinski definition) is 6. The number of benzene rings is 2. The number of fused-ring (bicyclic) bond motifs is 1. The number of carbonyl (C=O) groups excluding carboxylic acids is 2. The Kier molecular flexibility index (Phi) is 6.58. The molecule has 4 aromatic rings. The van der Waals surface area contributed by atoms with Gasteiger partial charge in [0.05, 0.1) is 5.39 Å². The maximum absolute atomic E-state index is 12.9. The molecule has 9 nitrogen and oxygen atoms in total. The van der Waals surface area contributed by atoms with Gasteiger partial charge in [-0.3, -0.25) is 25.2 Å². The summed E-state index contributed by atoms with van der Waals surface area (Å²) in [6.45, 7) is 2.47. The summed E-state index contributed by atoms with van der Waals surface area (Å²) >= 11 is 0. The summed E-state index contributed by atoms with van der Waals surface area (Å²) in [6.07, 6.45) is 2.71. The summed E-state index contributed by atoms with van der Waals surface area (Å²) in [5.74, 6) is -1.37. The summed E-state index contributed by atoms with van der Waals surface area (Å²) in [5.41, 5.74) is 5.75. The van der Waals surface area contributed by atoms with Crippen molar-refractivity contribution in [3.05, 3.63) is 82.5 Å². The second kappa shape index (κ2) is 9.90. The predicted molar refractivity (Wildman–Crippen MR) is 122 cm³/mol. The minimum atomic E-state index is -0.668. The van der Waals surface area contributed by atoms with Gasteiger partial charge in [0.15, 0.2) is 5.69 Å². The summed E-state index contributed by atoms with van der Waals surface area (Å²) in [5, 5.41) is 8.96. The zero-order chi connectivity index (χ0) is 23.2. The SMILES string of the molecule is CCCCCn1nc(C(=O)NNC(=O)c2cc(-c3ccccc3)no2)c2ccccc2c1=O. The first-order chi connectivity index (χ1) is 16.1. The van der Waals surface area contributed by atoms with Crippen molar-refractivity contribution in [3.8, 4) is 11.3 Å². The number of hydrazine groups is 1. The maximum Gasteiger partial charge on any atom is 0.308 e. The molecular formula is C24H23N5O4. The maximum atomic E-state index is 12.9. The number of nitrogens with zero attached hydrogens (tertiary/aromatic N) is 3. The molecule has 2 amide bonds. The highest BCUT2D eigenvalue weighted by atomic mass is 16.5. The van der Waals surface area contributed by atoms with Gasteiger partial charge in [0.2, 0.25) is 5.76 Å². The van der Waals surface area contributed by atoms with Crippen LogP contribution in [0.15, 0.2) is 70.0 Å². The quantitative estimate of drug-likeness (QED) is 0.333. The lowest BCUT2D eigenvalue weighted by molar-refractivity contribution is 0.0822. The van der Waals surface area contributed by atoms with Gasteiger partial charge >= 0.3 is 5.91 Å². The van der Waals surface area contributed by atoms with Crippen LogP contribution in [-0.2, 0) is 6.54 Å². The molecule has 0 saturated heterocycles. The molecule has 33 heavy (non-hydrogen) atoms. The molecule has 2 heterocycles. The Morgan fingerprint density at radius 3 is 2.39 bits per heavy atom. The molecule has 9 heteroatoms. The average Bonchev–Trinajstić information content (AvgIpc) is 3.35. The van der Waals surface area contributed by atoms with E-state index < -0.39 is 11.8 Å². The van der Waals surface area contributed by atoms with E-state index in [1.165, 1.54) is 10.7 Å². The van der Waals surface area contributed by atoms with Crippen molar-refractivity contribution in [2.24, 2.45) is 0 Å². The van der Waals surface area contributed by atoms with Crippen LogP contribution in [0, 0.1) is 0 Å². The second-order valence-electron chi connectivity index (χ2n) is 7.48. The van der Waals surface area contributed by atoms with Crippen LogP contribution in [0.25, 0.3) is 22.0 Å². The molecule has 0 atom stereocenters. The third-order valence-electron chi connectivity index (χ3n) is 5.15. The van der Waals surface area contributed by atoms with Crippen molar-refractivity contribution < 1.29 is 14.1 Å². The lowest BCUT2D eigenvalue weighted by Gasteiger charge is -2.11. The first-order valence-electron chi connectivity index (χ1n) is 10.7. The molecule has 0 aliphatic heterocycles. The van der Waals surface area contributed by atoms with Crippen molar-refractivity contribution in [1.29, 1.82) is 0 Å². The third-order valence-corrected chi connectivity index (χ3v) is 5.15. The fourth-order valence-electron chi connectivity index (χ4n) is 3.43. The highest BCUT2D eigenvalue weighted by molar-refractivity contribution is 6.05. The monoisotopic (exact) mass is 445 g/mol. The summed E-state index contributed by atoms with van der Waals surface area (Å²) in [7, 11) is 0. The number of aromatic nitrogens is 3. The van der Waals surface area contributed by atoms with Crippen LogP contribution in [-0.4, -0.2) is 26.8 Å². The Balaban J connectivity index is 1.52. The zero-order valence-corrected chi connectivity index (χ0v) is 18.1. The van der Waals surface area contributed by atoms with Crippen molar-refractivity contribution in [2.75, 3.05) is 0 Å². The van der Waals surface area contributed by atoms with Crippen molar-refractivity contribution in [1.82, 2.24) is 25.8 Å². The van der Waals surface area contributed by atoms with Gasteiger partial charge in [-0.1, -0.05) is 73.5 Å². The highest BCUT2D eigenvalue weighted by Gasteiger charge is 2.19. The standard InChI is InChI=1S/C24H23N5O4/c1-2-3-9-14-29-24(32)18-13-8-7-12-17(18)21(27-29)23(31)26-25-22(30)20-15-19(28-33-20)16-10-5-4-6-11-16/h4-8,10-13,15H,2-3,9,14H2,1H3,(H,25,30)(H,26,31). The van der Waals surface area contributed by atoms with E-state index >= 15 is 0 Å². The predicted octanol–water partition coefficient (Wildman–Crippen LogP) is 3.32. The normalized spacial score (nSPS) is 10.8. The van der Waals surface area contributed by atoms with Crippen molar-refractivity contribution in [3.63, 3.8) is 0 Å². The molecule has 168 valence electrons. The van der Waals surface area contributed by atoms with Crippen LogP contribution in [0.1, 0.15) is 47.2 Å². The van der Waals surface area contributed by atoms with Crippen LogP contribution >= 0.6 is 0 Å². The molecule has 0 aliphatic carbocycles. The van der Waals surface area contributed by atoms with Crippen LogP contribution in [0.2, 0.25) is 0 Å². The topological polar surface area (TPSA) is 119 Å². The lowest BCUT2D eigenvalue weighted by Crippen LogP contribution is -2.42. The van der Waals surface area contributed by atoms with Gasteiger partial charge in [-0.15, -0.1) is 0 Å². The van der Waals surface area contributed by atoms with Crippen LogP contribution in [0.3, 0.4) is 0 Å². The molecule has 0 fully saturated rings. The molecule has 0 spiro atoms. The molecule has 0 radical (unpaired) electrons. The van der Waals surface area contributed by atoms with Gasteiger partial charge < -0.3 is 4.52 Å². The molecule has 0 bridgehead atoms. The number of amides is 2. The van der Waals surface area contributed by atoms with Crippen LogP contribution in [0.4, 0.5) is 0 Å². The Bertz CT molecular complexity index is 1340. The molecule has 0 aliphatic rings. The lowest BCUT2D eigenvalue weighted by atomic mass is 10.1. The average molecular weight is 445 g/mol. The van der Waals surface area contributed by atoms with Crippen LogP contribution < -0.4 is 16.4 Å². The summed E-state index contributed by atoms with van der Waals surface area (Å²) in [6, 6.07) is 17.5. The number of nitrogens with one attached hydrogen (secondary N) is 2. The molecule has 0 saturated carbocycles. The first kappa shape index (κ1) is 21.9. The fourth-order valence-corrected chi connectivity index (χ4v) is 3.43. The van der Waals surface area contributed by atoms with E-state index in [4.69, 9.17) is 4.52 Å². The number of rotatable bonds is 7. The molecular weight excluding hydrogens is 422 g/mol. The smallest absolute Gasteiger partial charge is 0.308 e. The van der Waals surface area contributed by atoms with Crippen molar-refractivity contribution in [2.45, 2.75) is 32.7 Å². The fraction of sp³-hybridized carbons (Fsp3) is 0.208. The van der Waals surface area contributed by atoms with Gasteiger partial charge in [0.25, 0.3) is 11.5 Å². The van der Waals surface area contributed by atoms with Gasteiger partial charge in [-0.2, -0.15) is 5.10 Å². The number of carbonyl (C=O) groups is 2. The van der Waals surface area contributed by atoms with E-state index in [0.29, 0.717) is 23.0 Å². The van der Waals surface area contributed by atoms with E-state index in [1.54, 1.807) is 24.3 Å². The van der Waals surface area contributed by atoms with Gasteiger partial charge in [-0.25, -0.2) is 4.68 Å². The Hall–Kier alpha value is -4.27. The van der Waals surface area contributed by atoms with E-state index in [1.807, 2.05) is 30.3 Å². The van der Waals surface area contributed by atoms with Gasteiger partial charge in [-0.05, 0) is 12.5 Å². The van der Waals surface area contributed by atoms with Crippen LogP contribution in [0.5, 0.6) is 0 Å². The molecule has 2 N–H and O–H groups in total. The summed E-state index contributed by atoms with van der Waals surface area (Å²) < 4.78 is 6.41. The first-order valence-corrected chi connectivity index (χ1v) is 10.7. The molecule has 0 unspecified atom stereocenters. The Labute approximate surface area is 189 Å². The van der Waals surface area contributed by atoms with Gasteiger partial charge in [0, 0.05) is 23.6 Å². The summed E-state index contributed by atoms with van der Waals surface area (Å²) in [4.78, 5) is 38.1. The minimum Gasteiger partial charge on any atom is -0.350 e. The molecule has 2 aromatic heterocycles. The minimum absolute atomic E-state index is 0.0459. The van der Waals surface area contributed by atoms with Gasteiger partial charge in [0.1, 0.15) is 5.69 Å². The number of unbranched alkanes of at least 4 members (excludes halogenated alkanes) is 2. The zero-order valence-electron chi connectivity index (χ0n) is 18.1.